The Morgan fingerprint density at radius 3 is 2.41 bits per heavy atom. The fourth-order valence-corrected chi connectivity index (χ4v) is 5.69. The minimum atomic E-state index is -0.878. The van der Waals surface area contributed by atoms with Crippen molar-refractivity contribution < 1.29 is 23.3 Å². The number of pyridine rings is 1. The van der Waals surface area contributed by atoms with Crippen LogP contribution >= 0.6 is 0 Å². The first-order chi connectivity index (χ1) is 21.2. The number of allylic oxidation sites excluding steroid dienone is 2. The predicted molar refractivity (Wildman–Crippen MR) is 162 cm³/mol. The van der Waals surface area contributed by atoms with Crippen molar-refractivity contribution in [2.24, 2.45) is 23.5 Å². The second-order valence-electron chi connectivity index (χ2n) is 11.6. The smallest absolute Gasteiger partial charge is 0.276 e. The Morgan fingerprint density at radius 1 is 1.09 bits per heavy atom. The van der Waals surface area contributed by atoms with Crippen LogP contribution in [0.4, 0.5) is 10.2 Å². The monoisotopic (exact) mass is 603 g/mol. The standard InChI is InChI=1S/C32H38FN7O4/c1-18(34)26(19(2)35)23-14-15-25(36-30(23)33)37-32(42)29(27(21-10-11-21)22-12-13-22)38-31(41)28-24(39-44-40-28)9-6-16-43-17-20-7-4-3-5-8-20/h3-5,7-8,14-15,21-22,27,29,34H,6,9-13,16-17,35H2,1-2H3,(H,38,41)(H,36,37,42). The number of aryl methyl sites for hydroxylation is 1. The SMILES string of the molecule is CC(=N)C(=C(C)N)c1ccc(NC(=O)C(NC(=O)c2nonc2CCCOCc2ccccc2)C(C2CC2)C2CC2)nc1F. The number of anilines is 1. The van der Waals surface area contributed by atoms with Gasteiger partial charge < -0.3 is 26.5 Å². The van der Waals surface area contributed by atoms with E-state index >= 15 is 4.39 Å². The first-order valence-electron chi connectivity index (χ1n) is 15.0. The number of benzene rings is 1. The van der Waals surface area contributed by atoms with Crippen LogP contribution in [0.1, 0.15) is 73.3 Å². The average Bonchev–Trinajstić information content (AvgIpc) is 3.93. The van der Waals surface area contributed by atoms with Crippen LogP contribution < -0.4 is 16.4 Å². The van der Waals surface area contributed by atoms with E-state index in [4.69, 9.17) is 20.5 Å². The number of hydrogen-bond acceptors (Lipinski definition) is 9. The van der Waals surface area contributed by atoms with Crippen LogP contribution in [-0.4, -0.2) is 45.5 Å². The molecule has 1 unspecified atom stereocenters. The number of hydrogen-bond donors (Lipinski definition) is 4. The summed E-state index contributed by atoms with van der Waals surface area (Å²) >= 11 is 0. The number of halogens is 1. The Hall–Kier alpha value is -4.45. The first-order valence-corrected chi connectivity index (χ1v) is 15.0. The zero-order chi connectivity index (χ0) is 31.2. The fourth-order valence-electron chi connectivity index (χ4n) is 5.69. The highest BCUT2D eigenvalue weighted by Gasteiger charge is 2.48. The molecule has 2 amide bonds. The number of aromatic nitrogens is 3. The van der Waals surface area contributed by atoms with Crippen molar-refractivity contribution in [1.82, 2.24) is 20.6 Å². The van der Waals surface area contributed by atoms with Gasteiger partial charge in [-0.3, -0.25) is 9.59 Å². The van der Waals surface area contributed by atoms with Crippen molar-refractivity contribution in [2.45, 2.75) is 65.0 Å². The Kier molecular flexibility index (Phi) is 9.78. The van der Waals surface area contributed by atoms with E-state index in [2.05, 4.69) is 25.9 Å². The summed E-state index contributed by atoms with van der Waals surface area (Å²) in [5, 5.41) is 21.3. The van der Waals surface area contributed by atoms with E-state index in [1.165, 1.54) is 19.1 Å². The van der Waals surface area contributed by atoms with Gasteiger partial charge in [0, 0.05) is 29.2 Å². The lowest BCUT2D eigenvalue weighted by molar-refractivity contribution is -0.119. The third-order valence-corrected chi connectivity index (χ3v) is 8.01. The molecule has 2 aromatic heterocycles. The van der Waals surface area contributed by atoms with Gasteiger partial charge in [-0.15, -0.1) is 0 Å². The molecule has 0 saturated heterocycles. The summed E-state index contributed by atoms with van der Waals surface area (Å²) in [6.07, 6.45) is 4.95. The molecule has 3 aromatic rings. The zero-order valence-corrected chi connectivity index (χ0v) is 24.9. The molecule has 2 aliphatic carbocycles. The molecule has 232 valence electrons. The summed E-state index contributed by atoms with van der Waals surface area (Å²) in [5.41, 5.74) is 8.07. The highest BCUT2D eigenvalue weighted by molar-refractivity contribution is 6.21. The minimum Gasteiger partial charge on any atom is -0.402 e. The lowest BCUT2D eigenvalue weighted by Gasteiger charge is -2.27. The maximum Gasteiger partial charge on any atom is 0.276 e. The van der Waals surface area contributed by atoms with Crippen LogP contribution in [0.2, 0.25) is 0 Å². The van der Waals surface area contributed by atoms with Gasteiger partial charge in [-0.1, -0.05) is 35.5 Å². The van der Waals surface area contributed by atoms with Crippen LogP contribution in [0, 0.1) is 29.1 Å². The molecule has 2 aliphatic rings. The van der Waals surface area contributed by atoms with Gasteiger partial charge in [0.15, 0.2) is 5.69 Å². The molecular weight excluding hydrogens is 565 g/mol. The normalized spacial score (nSPS) is 15.9. The number of ether oxygens (including phenoxy) is 1. The number of carbonyl (C=O) groups is 2. The lowest BCUT2D eigenvalue weighted by Crippen LogP contribution is -2.50. The summed E-state index contributed by atoms with van der Waals surface area (Å²) in [5.74, 6) is -1.33. The molecule has 5 rings (SSSR count). The highest BCUT2D eigenvalue weighted by Crippen LogP contribution is 2.51. The first kappa shape index (κ1) is 31.0. The minimum absolute atomic E-state index is 0.00297. The van der Waals surface area contributed by atoms with Crippen LogP contribution in [-0.2, 0) is 22.6 Å². The van der Waals surface area contributed by atoms with E-state index in [0.29, 0.717) is 43.6 Å². The number of nitrogens with one attached hydrogen (secondary N) is 3. The van der Waals surface area contributed by atoms with Crippen molar-refractivity contribution >= 4 is 28.9 Å². The van der Waals surface area contributed by atoms with Crippen LogP contribution in [0.25, 0.3) is 5.57 Å². The molecule has 12 heteroatoms. The molecule has 1 aromatic carbocycles. The van der Waals surface area contributed by atoms with Gasteiger partial charge in [-0.2, -0.15) is 4.39 Å². The summed E-state index contributed by atoms with van der Waals surface area (Å²) in [4.78, 5) is 31.1. The van der Waals surface area contributed by atoms with E-state index in [-0.39, 0.29) is 40.0 Å². The molecule has 11 nitrogen and oxygen atoms in total. The second kappa shape index (κ2) is 13.9. The molecule has 2 heterocycles. The quantitative estimate of drug-likeness (QED) is 0.110. The molecule has 1 atom stereocenters. The van der Waals surface area contributed by atoms with Crippen LogP contribution in [0.15, 0.2) is 52.8 Å². The molecule has 0 bridgehead atoms. The molecule has 0 spiro atoms. The number of carbonyl (C=O) groups excluding carboxylic acids is 2. The molecule has 44 heavy (non-hydrogen) atoms. The summed E-state index contributed by atoms with van der Waals surface area (Å²) in [6, 6.07) is 11.9. The van der Waals surface area contributed by atoms with E-state index in [1.54, 1.807) is 6.92 Å². The topological polar surface area (TPSA) is 169 Å². The van der Waals surface area contributed by atoms with Gasteiger partial charge in [0.1, 0.15) is 17.6 Å². The Labute approximate surface area is 255 Å². The van der Waals surface area contributed by atoms with Gasteiger partial charge in [0.05, 0.1) is 6.61 Å². The van der Waals surface area contributed by atoms with Crippen molar-refractivity contribution in [3.63, 3.8) is 0 Å². The summed E-state index contributed by atoms with van der Waals surface area (Å²) in [6.45, 7) is 4.05. The van der Waals surface area contributed by atoms with E-state index in [9.17, 15) is 9.59 Å². The third-order valence-electron chi connectivity index (χ3n) is 8.01. The van der Waals surface area contributed by atoms with E-state index < -0.39 is 23.8 Å². The summed E-state index contributed by atoms with van der Waals surface area (Å²) in [7, 11) is 0. The van der Waals surface area contributed by atoms with Gasteiger partial charge in [-0.25, -0.2) is 9.61 Å². The van der Waals surface area contributed by atoms with Gasteiger partial charge in [0.25, 0.3) is 5.91 Å². The molecule has 0 radical (unpaired) electrons. The Morgan fingerprint density at radius 2 is 1.80 bits per heavy atom. The number of nitrogens with zero attached hydrogens (tertiary/aromatic N) is 3. The number of rotatable bonds is 15. The molecule has 2 saturated carbocycles. The maximum atomic E-state index is 15.0. The lowest BCUT2D eigenvalue weighted by atomic mass is 9.88. The van der Waals surface area contributed by atoms with Crippen LogP contribution in [0.3, 0.4) is 0 Å². The van der Waals surface area contributed by atoms with Gasteiger partial charge >= 0.3 is 0 Å². The second-order valence-corrected chi connectivity index (χ2v) is 11.6. The number of amides is 2. The third kappa shape index (κ3) is 7.73. The van der Waals surface area contributed by atoms with Gasteiger partial charge in [-0.05, 0) is 93.0 Å². The molecule has 5 N–H and O–H groups in total. The van der Waals surface area contributed by atoms with Gasteiger partial charge in [0.2, 0.25) is 11.9 Å². The Balaban J connectivity index is 1.26. The van der Waals surface area contributed by atoms with E-state index in [1.807, 2.05) is 30.3 Å². The fraction of sp³-hybridized carbons (Fsp3) is 0.438. The van der Waals surface area contributed by atoms with Crippen molar-refractivity contribution in [3.8, 4) is 0 Å². The largest absolute Gasteiger partial charge is 0.402 e. The van der Waals surface area contributed by atoms with Crippen molar-refractivity contribution in [3.05, 3.63) is 76.6 Å². The number of nitrogens with two attached hydrogens (primary N) is 1. The van der Waals surface area contributed by atoms with E-state index in [0.717, 1.165) is 31.2 Å². The maximum absolute atomic E-state index is 15.0. The summed E-state index contributed by atoms with van der Waals surface area (Å²) < 4.78 is 25.7. The molecule has 2 fully saturated rings. The van der Waals surface area contributed by atoms with Crippen molar-refractivity contribution in [1.29, 1.82) is 5.41 Å². The predicted octanol–water partition coefficient (Wildman–Crippen LogP) is 4.66. The van der Waals surface area contributed by atoms with Crippen LogP contribution in [0.5, 0.6) is 0 Å². The Bertz CT molecular complexity index is 1520. The highest BCUT2D eigenvalue weighted by atomic mass is 19.1. The zero-order valence-electron chi connectivity index (χ0n) is 24.9. The van der Waals surface area contributed by atoms with Crippen molar-refractivity contribution in [2.75, 3.05) is 11.9 Å². The average molecular weight is 604 g/mol. The molecule has 0 aliphatic heterocycles. The molecular formula is C32H38FN7O4.